The van der Waals surface area contributed by atoms with Crippen LogP contribution >= 0.6 is 11.8 Å². The Hall–Kier alpha value is 0.270. The van der Waals surface area contributed by atoms with Gasteiger partial charge in [0.1, 0.15) is 0 Å². The zero-order valence-corrected chi connectivity index (χ0v) is 9.28. The highest BCUT2D eigenvalue weighted by Gasteiger charge is 2.29. The van der Waals surface area contributed by atoms with Crippen LogP contribution < -0.4 is 5.32 Å². The van der Waals surface area contributed by atoms with E-state index in [1.165, 1.54) is 44.0 Å². The van der Waals surface area contributed by atoms with E-state index in [0.29, 0.717) is 0 Å². The monoisotopic (exact) mass is 200 g/mol. The lowest BCUT2D eigenvalue weighted by molar-refractivity contribution is 0.165. The minimum atomic E-state index is 0.827. The summed E-state index contributed by atoms with van der Waals surface area (Å²) in [6.45, 7) is 5.98. The Morgan fingerprint density at radius 1 is 1.38 bits per heavy atom. The Balaban J connectivity index is 1.90. The van der Waals surface area contributed by atoms with E-state index in [1.807, 2.05) is 0 Å². The Morgan fingerprint density at radius 2 is 2.31 bits per heavy atom. The molecule has 2 heterocycles. The van der Waals surface area contributed by atoms with Gasteiger partial charge in [-0.25, -0.2) is 0 Å². The van der Waals surface area contributed by atoms with E-state index in [0.717, 1.165) is 12.1 Å². The van der Waals surface area contributed by atoms with Gasteiger partial charge < -0.3 is 5.32 Å². The number of hydrogen-bond acceptors (Lipinski definition) is 3. The molecule has 2 atom stereocenters. The molecular formula is C10H20N2S. The molecule has 2 nitrogen and oxygen atoms in total. The molecule has 0 aromatic rings. The molecule has 2 aliphatic heterocycles. The third-order valence-corrected chi connectivity index (χ3v) is 4.39. The molecule has 2 rings (SSSR count). The predicted molar refractivity (Wildman–Crippen MR) is 59.4 cm³/mol. The van der Waals surface area contributed by atoms with Gasteiger partial charge in [0.05, 0.1) is 0 Å². The molecule has 2 unspecified atom stereocenters. The fourth-order valence-corrected chi connectivity index (χ4v) is 3.76. The van der Waals surface area contributed by atoms with Gasteiger partial charge in [-0.1, -0.05) is 6.92 Å². The van der Waals surface area contributed by atoms with Gasteiger partial charge in [-0.15, -0.1) is 0 Å². The largest absolute Gasteiger partial charge is 0.315 e. The fourth-order valence-electron chi connectivity index (χ4n) is 2.52. The maximum absolute atomic E-state index is 3.46. The maximum atomic E-state index is 3.46. The summed E-state index contributed by atoms with van der Waals surface area (Å²) in [5.74, 6) is 2.74. The van der Waals surface area contributed by atoms with E-state index < -0.39 is 0 Å². The van der Waals surface area contributed by atoms with Crippen LogP contribution in [0.3, 0.4) is 0 Å². The van der Waals surface area contributed by atoms with Gasteiger partial charge in [0, 0.05) is 24.4 Å². The number of rotatable bonds is 3. The Kier molecular flexibility index (Phi) is 3.52. The third kappa shape index (κ3) is 2.20. The van der Waals surface area contributed by atoms with Crippen molar-refractivity contribution in [2.45, 2.75) is 31.8 Å². The first-order valence-electron chi connectivity index (χ1n) is 5.46. The third-order valence-electron chi connectivity index (χ3n) is 3.24. The van der Waals surface area contributed by atoms with Crippen molar-refractivity contribution in [3.63, 3.8) is 0 Å². The lowest BCUT2D eigenvalue weighted by Crippen LogP contribution is -2.44. The second-order valence-corrected chi connectivity index (χ2v) is 5.14. The zero-order valence-electron chi connectivity index (χ0n) is 8.46. The van der Waals surface area contributed by atoms with Crippen molar-refractivity contribution in [3.05, 3.63) is 0 Å². The predicted octanol–water partition coefficient (Wildman–Crippen LogP) is 1.18. The van der Waals surface area contributed by atoms with Crippen molar-refractivity contribution in [2.75, 3.05) is 31.1 Å². The number of likely N-dealkylation sites (N-methyl/N-ethyl adjacent to an activating group) is 1. The Morgan fingerprint density at radius 3 is 2.85 bits per heavy atom. The average Bonchev–Trinajstić information content (AvgIpc) is 2.76. The van der Waals surface area contributed by atoms with Crippen LogP contribution in [0, 0.1) is 0 Å². The molecule has 0 aromatic carbocycles. The summed E-state index contributed by atoms with van der Waals surface area (Å²) < 4.78 is 0. The van der Waals surface area contributed by atoms with E-state index in [-0.39, 0.29) is 0 Å². The molecule has 0 radical (unpaired) electrons. The van der Waals surface area contributed by atoms with E-state index in [9.17, 15) is 0 Å². The maximum Gasteiger partial charge on any atom is 0.0235 e. The fraction of sp³-hybridized carbons (Fsp3) is 1.00. The molecule has 0 amide bonds. The number of nitrogens with one attached hydrogen (secondary N) is 1. The van der Waals surface area contributed by atoms with Crippen molar-refractivity contribution < 1.29 is 0 Å². The molecule has 2 aliphatic rings. The number of thioether (sulfide) groups is 1. The van der Waals surface area contributed by atoms with Crippen LogP contribution in [0.1, 0.15) is 19.8 Å². The van der Waals surface area contributed by atoms with Crippen LogP contribution in [-0.4, -0.2) is 48.1 Å². The molecule has 13 heavy (non-hydrogen) atoms. The van der Waals surface area contributed by atoms with Crippen LogP contribution in [0.4, 0.5) is 0 Å². The second kappa shape index (κ2) is 4.67. The quantitative estimate of drug-likeness (QED) is 0.736. The van der Waals surface area contributed by atoms with Crippen molar-refractivity contribution in [1.29, 1.82) is 0 Å². The molecule has 1 N–H and O–H groups in total. The molecule has 0 spiro atoms. The van der Waals surface area contributed by atoms with Gasteiger partial charge in [-0.05, 0) is 31.7 Å². The van der Waals surface area contributed by atoms with Gasteiger partial charge in [-0.3, -0.25) is 4.90 Å². The summed E-state index contributed by atoms with van der Waals surface area (Å²) in [4.78, 5) is 2.72. The molecule has 0 aromatic heterocycles. The van der Waals surface area contributed by atoms with Gasteiger partial charge in [0.2, 0.25) is 0 Å². The minimum absolute atomic E-state index is 0.827. The summed E-state index contributed by atoms with van der Waals surface area (Å²) in [6.07, 6.45) is 2.77. The summed E-state index contributed by atoms with van der Waals surface area (Å²) in [6, 6.07) is 1.70. The highest BCUT2D eigenvalue weighted by Crippen LogP contribution is 2.25. The topological polar surface area (TPSA) is 15.3 Å². The summed E-state index contributed by atoms with van der Waals surface area (Å²) in [7, 11) is 0. The van der Waals surface area contributed by atoms with Crippen LogP contribution in [0.15, 0.2) is 0 Å². The first-order chi connectivity index (χ1) is 6.42. The van der Waals surface area contributed by atoms with E-state index >= 15 is 0 Å². The molecule has 0 aliphatic carbocycles. The molecule has 2 saturated heterocycles. The Bertz CT molecular complexity index is 135. The van der Waals surface area contributed by atoms with Gasteiger partial charge in [-0.2, -0.15) is 11.8 Å². The van der Waals surface area contributed by atoms with Gasteiger partial charge in [0.15, 0.2) is 0 Å². The molecule has 3 heteroatoms. The van der Waals surface area contributed by atoms with Gasteiger partial charge >= 0.3 is 0 Å². The van der Waals surface area contributed by atoms with Crippen molar-refractivity contribution in [1.82, 2.24) is 10.2 Å². The smallest absolute Gasteiger partial charge is 0.0235 e. The SMILES string of the molecule is CCN(C1CCNC1)C1CCSC1. The zero-order chi connectivity index (χ0) is 9.10. The lowest BCUT2D eigenvalue weighted by Gasteiger charge is -2.32. The summed E-state index contributed by atoms with van der Waals surface area (Å²) in [5.41, 5.74) is 0. The van der Waals surface area contributed by atoms with Gasteiger partial charge in [0.25, 0.3) is 0 Å². The molecule has 0 bridgehead atoms. The molecule has 0 saturated carbocycles. The summed E-state index contributed by atoms with van der Waals surface area (Å²) in [5, 5.41) is 3.46. The first kappa shape index (κ1) is 9.81. The minimum Gasteiger partial charge on any atom is -0.315 e. The molecular weight excluding hydrogens is 180 g/mol. The highest BCUT2D eigenvalue weighted by atomic mass is 32.2. The Labute approximate surface area is 85.4 Å². The number of hydrogen-bond donors (Lipinski definition) is 1. The van der Waals surface area contributed by atoms with Crippen molar-refractivity contribution in [3.8, 4) is 0 Å². The van der Waals surface area contributed by atoms with Crippen molar-refractivity contribution >= 4 is 11.8 Å². The highest BCUT2D eigenvalue weighted by molar-refractivity contribution is 7.99. The van der Waals surface area contributed by atoms with Crippen LogP contribution in [-0.2, 0) is 0 Å². The van der Waals surface area contributed by atoms with E-state index in [2.05, 4.69) is 28.9 Å². The number of nitrogens with zero attached hydrogens (tertiary/aromatic N) is 1. The van der Waals surface area contributed by atoms with E-state index in [1.54, 1.807) is 0 Å². The van der Waals surface area contributed by atoms with E-state index in [4.69, 9.17) is 0 Å². The standard InChI is InChI=1S/C10H20N2S/c1-2-12(9-3-5-11-7-9)10-4-6-13-8-10/h9-11H,2-8H2,1H3. The van der Waals surface area contributed by atoms with Crippen LogP contribution in [0.5, 0.6) is 0 Å². The first-order valence-corrected chi connectivity index (χ1v) is 6.61. The average molecular weight is 200 g/mol. The van der Waals surface area contributed by atoms with Crippen LogP contribution in [0.25, 0.3) is 0 Å². The normalized spacial score (nSPS) is 34.6. The van der Waals surface area contributed by atoms with Crippen molar-refractivity contribution in [2.24, 2.45) is 0 Å². The lowest BCUT2D eigenvalue weighted by atomic mass is 10.1. The summed E-state index contributed by atoms with van der Waals surface area (Å²) >= 11 is 2.12. The molecule has 76 valence electrons. The molecule has 2 fully saturated rings. The van der Waals surface area contributed by atoms with Crippen LogP contribution in [0.2, 0.25) is 0 Å². The second-order valence-electron chi connectivity index (χ2n) is 3.99.